The van der Waals surface area contributed by atoms with Crippen molar-refractivity contribution in [3.63, 3.8) is 0 Å². The Hall–Kier alpha value is -1.41. The molecule has 1 aromatic carbocycles. The highest BCUT2D eigenvalue weighted by Crippen LogP contribution is 2.30. The Balaban J connectivity index is 0.00000116. The van der Waals surface area contributed by atoms with Gasteiger partial charge in [0.1, 0.15) is 0 Å². The number of benzene rings is 1. The predicted molar refractivity (Wildman–Crippen MR) is 101 cm³/mol. The Kier molecular flexibility index (Phi) is 8.76. The number of hydrogen-bond acceptors (Lipinski definition) is 2. The van der Waals surface area contributed by atoms with Crippen LogP contribution in [0.2, 0.25) is 0 Å². The van der Waals surface area contributed by atoms with Crippen LogP contribution in [0.4, 0.5) is 0 Å². The first-order valence-electron chi connectivity index (χ1n) is 8.43. The Labute approximate surface area is 140 Å². The summed E-state index contributed by atoms with van der Waals surface area (Å²) in [7, 11) is 0. The van der Waals surface area contributed by atoms with Crippen LogP contribution in [-0.4, -0.2) is 4.98 Å². The van der Waals surface area contributed by atoms with Gasteiger partial charge in [-0.1, -0.05) is 64.0 Å². The van der Waals surface area contributed by atoms with Crippen LogP contribution in [0.3, 0.4) is 0 Å². The molecule has 2 aromatic rings. The van der Waals surface area contributed by atoms with Crippen LogP contribution in [0.15, 0.2) is 36.5 Å². The summed E-state index contributed by atoms with van der Waals surface area (Å²) in [6.07, 6.45) is 9.16. The van der Waals surface area contributed by atoms with E-state index in [1.54, 1.807) is 0 Å². The van der Waals surface area contributed by atoms with Gasteiger partial charge in [0.15, 0.2) is 0 Å². The highest BCUT2D eigenvalue weighted by molar-refractivity contribution is 7.12. The zero-order valence-corrected chi connectivity index (χ0v) is 15.5. The zero-order chi connectivity index (χ0) is 16.4. The highest BCUT2D eigenvalue weighted by atomic mass is 32.1. The molecule has 2 heteroatoms. The van der Waals surface area contributed by atoms with Crippen LogP contribution in [-0.2, 0) is 6.42 Å². The second kappa shape index (κ2) is 10.3. The molecule has 0 atom stereocenters. The third-order valence-corrected chi connectivity index (χ3v) is 4.63. The molecule has 1 aromatic heterocycles. The molecule has 0 bridgehead atoms. The van der Waals surface area contributed by atoms with Crippen molar-refractivity contribution in [2.24, 2.45) is 0 Å². The lowest BCUT2D eigenvalue weighted by Crippen LogP contribution is -1.88. The van der Waals surface area contributed by atoms with E-state index < -0.39 is 0 Å². The maximum atomic E-state index is 4.59. The van der Waals surface area contributed by atoms with Crippen molar-refractivity contribution in [1.29, 1.82) is 0 Å². The standard InChI is InChI=1S/C18H23NS.C2H6/c1-4-6-7-12-18-19-13-17(20-18)15(5-2)16-11-9-8-10-14(16)3;1-2/h5,8-11,13H,4,6-7,12H2,1-3H3;1-2H3/b15-5+;. The summed E-state index contributed by atoms with van der Waals surface area (Å²) in [5.41, 5.74) is 3.95. The Morgan fingerprint density at radius 1 is 1.18 bits per heavy atom. The summed E-state index contributed by atoms with van der Waals surface area (Å²) in [4.78, 5) is 5.88. The van der Waals surface area contributed by atoms with Crippen molar-refractivity contribution in [1.82, 2.24) is 4.98 Å². The molecular weight excluding hydrogens is 286 g/mol. The summed E-state index contributed by atoms with van der Waals surface area (Å²) < 4.78 is 0. The van der Waals surface area contributed by atoms with Gasteiger partial charge in [0.2, 0.25) is 0 Å². The Bertz CT molecular complexity index is 581. The minimum absolute atomic E-state index is 1.11. The van der Waals surface area contributed by atoms with E-state index in [0.717, 1.165) is 6.42 Å². The van der Waals surface area contributed by atoms with Crippen molar-refractivity contribution < 1.29 is 0 Å². The molecule has 120 valence electrons. The molecule has 0 saturated heterocycles. The molecule has 1 heterocycles. The summed E-state index contributed by atoms with van der Waals surface area (Å²) in [6, 6.07) is 8.56. The van der Waals surface area contributed by atoms with Crippen molar-refractivity contribution in [3.05, 3.63) is 57.6 Å². The van der Waals surface area contributed by atoms with Gasteiger partial charge >= 0.3 is 0 Å². The molecule has 0 aliphatic rings. The fraction of sp³-hybridized carbons (Fsp3) is 0.450. The largest absolute Gasteiger partial charge is 0.249 e. The molecule has 0 aliphatic heterocycles. The average molecular weight is 316 g/mol. The maximum Gasteiger partial charge on any atom is 0.0931 e. The van der Waals surface area contributed by atoms with Crippen molar-refractivity contribution in [2.75, 3.05) is 0 Å². The molecule has 0 radical (unpaired) electrons. The van der Waals surface area contributed by atoms with Crippen LogP contribution in [0.5, 0.6) is 0 Å². The van der Waals surface area contributed by atoms with Gasteiger partial charge in [0.05, 0.1) is 9.88 Å². The quantitative estimate of drug-likeness (QED) is 0.543. The van der Waals surface area contributed by atoms with Gasteiger partial charge in [-0.2, -0.15) is 0 Å². The molecule has 0 fully saturated rings. The topological polar surface area (TPSA) is 12.9 Å². The number of rotatable bonds is 6. The number of nitrogens with zero attached hydrogens (tertiary/aromatic N) is 1. The van der Waals surface area contributed by atoms with Crippen LogP contribution in [0, 0.1) is 6.92 Å². The van der Waals surface area contributed by atoms with Gasteiger partial charge in [-0.05, 0) is 43.4 Å². The number of aromatic nitrogens is 1. The van der Waals surface area contributed by atoms with Crippen molar-refractivity contribution in [2.45, 2.75) is 60.3 Å². The van der Waals surface area contributed by atoms with Crippen LogP contribution < -0.4 is 0 Å². The van der Waals surface area contributed by atoms with Gasteiger partial charge in [-0.15, -0.1) is 11.3 Å². The monoisotopic (exact) mass is 315 g/mol. The minimum atomic E-state index is 1.11. The first-order valence-corrected chi connectivity index (χ1v) is 9.25. The second-order valence-corrected chi connectivity index (χ2v) is 6.21. The van der Waals surface area contributed by atoms with Gasteiger partial charge in [0.25, 0.3) is 0 Å². The second-order valence-electron chi connectivity index (χ2n) is 5.09. The van der Waals surface area contributed by atoms with Crippen LogP contribution in [0.1, 0.15) is 68.0 Å². The number of aryl methyl sites for hydroxylation is 2. The lowest BCUT2D eigenvalue weighted by molar-refractivity contribution is 0.715. The first kappa shape index (κ1) is 18.6. The van der Waals surface area contributed by atoms with Gasteiger partial charge < -0.3 is 0 Å². The van der Waals surface area contributed by atoms with E-state index >= 15 is 0 Å². The molecule has 0 saturated carbocycles. The van der Waals surface area contributed by atoms with E-state index in [2.05, 4.69) is 56.1 Å². The smallest absolute Gasteiger partial charge is 0.0931 e. The number of hydrogen-bond donors (Lipinski definition) is 0. The fourth-order valence-corrected chi connectivity index (χ4v) is 3.43. The van der Waals surface area contributed by atoms with E-state index in [1.807, 2.05) is 31.4 Å². The van der Waals surface area contributed by atoms with Gasteiger partial charge in [-0.25, -0.2) is 4.98 Å². The molecular formula is C20H29NS. The van der Waals surface area contributed by atoms with Gasteiger partial charge in [-0.3, -0.25) is 0 Å². The SMILES string of the molecule is C/C=C(/c1cnc(CCCCC)s1)c1ccccc1C.CC. The third-order valence-electron chi connectivity index (χ3n) is 3.54. The lowest BCUT2D eigenvalue weighted by Gasteiger charge is -2.07. The zero-order valence-electron chi connectivity index (χ0n) is 14.6. The third kappa shape index (κ3) is 5.10. The molecule has 1 nitrogen and oxygen atoms in total. The highest BCUT2D eigenvalue weighted by Gasteiger charge is 2.10. The normalized spacial score (nSPS) is 11.0. The number of unbranched alkanes of at least 4 members (excludes halogenated alkanes) is 2. The first-order chi connectivity index (χ1) is 10.8. The predicted octanol–water partition coefficient (Wildman–Crippen LogP) is 6.66. The molecule has 2 rings (SSSR count). The molecule has 0 spiro atoms. The molecule has 0 N–H and O–H groups in total. The molecule has 0 amide bonds. The number of allylic oxidation sites excluding steroid dienone is 1. The van der Waals surface area contributed by atoms with E-state index in [-0.39, 0.29) is 0 Å². The Morgan fingerprint density at radius 3 is 2.55 bits per heavy atom. The van der Waals surface area contributed by atoms with Crippen molar-refractivity contribution in [3.8, 4) is 0 Å². The van der Waals surface area contributed by atoms with E-state index in [1.165, 1.54) is 45.8 Å². The van der Waals surface area contributed by atoms with Gasteiger partial charge in [0, 0.05) is 6.20 Å². The van der Waals surface area contributed by atoms with E-state index in [0.29, 0.717) is 0 Å². The minimum Gasteiger partial charge on any atom is -0.249 e. The molecule has 0 aliphatic carbocycles. The van der Waals surface area contributed by atoms with Crippen LogP contribution in [0.25, 0.3) is 5.57 Å². The lowest BCUT2D eigenvalue weighted by atomic mass is 10.00. The Morgan fingerprint density at radius 2 is 1.91 bits per heavy atom. The molecule has 22 heavy (non-hydrogen) atoms. The molecule has 0 unspecified atom stereocenters. The van der Waals surface area contributed by atoms with E-state index in [4.69, 9.17) is 0 Å². The summed E-state index contributed by atoms with van der Waals surface area (Å²) >= 11 is 1.84. The van der Waals surface area contributed by atoms with Crippen LogP contribution >= 0.6 is 11.3 Å². The van der Waals surface area contributed by atoms with Crippen molar-refractivity contribution >= 4 is 16.9 Å². The summed E-state index contributed by atoms with van der Waals surface area (Å²) in [5.74, 6) is 0. The summed E-state index contributed by atoms with van der Waals surface area (Å²) in [6.45, 7) is 10.5. The number of thiazole rings is 1. The summed E-state index contributed by atoms with van der Waals surface area (Å²) in [5, 5.41) is 1.27. The average Bonchev–Trinajstić information content (AvgIpc) is 3.01. The van der Waals surface area contributed by atoms with E-state index in [9.17, 15) is 0 Å². The fourth-order valence-electron chi connectivity index (χ4n) is 2.38. The maximum absolute atomic E-state index is 4.59.